The fourth-order valence-electron chi connectivity index (χ4n) is 5.30. The zero-order valence-corrected chi connectivity index (χ0v) is 19.8. The van der Waals surface area contributed by atoms with Crippen LogP contribution in [0.25, 0.3) is 32.9 Å². The molecule has 5 aromatic rings. The SMILES string of the molecule is Cc1c(-c2ccc(C(N)=O)c3[nH]c4cc(NC(=O)O)ccc4c23)cccc1N1Cc2ccccc2C1=O. The van der Waals surface area contributed by atoms with Crippen LogP contribution in [-0.2, 0) is 6.54 Å². The summed E-state index contributed by atoms with van der Waals surface area (Å²) >= 11 is 0. The molecule has 0 spiro atoms. The molecule has 2 heterocycles. The standard InChI is InChI=1S/C29H22N4O4/c1-15-18(7-4-8-24(15)33-14-16-5-2-3-6-19(16)28(33)35)20-11-12-22(27(30)34)26-25(20)21-10-9-17(31-29(36)37)13-23(21)32-26/h2-13,31-32H,14H2,1H3,(H2,30,34)(H,36,37). The molecule has 0 atom stereocenters. The lowest BCUT2D eigenvalue weighted by Gasteiger charge is -2.21. The summed E-state index contributed by atoms with van der Waals surface area (Å²) < 4.78 is 0. The molecule has 4 aromatic carbocycles. The molecular weight excluding hydrogens is 468 g/mol. The highest BCUT2D eigenvalue weighted by molar-refractivity contribution is 6.20. The Hall–Kier alpha value is -5.11. The van der Waals surface area contributed by atoms with Crippen LogP contribution in [-0.4, -0.2) is 28.0 Å². The fraction of sp³-hybridized carbons (Fsp3) is 0.0690. The lowest BCUT2D eigenvalue weighted by atomic mass is 9.93. The van der Waals surface area contributed by atoms with Crippen molar-refractivity contribution in [2.75, 3.05) is 10.2 Å². The number of aromatic nitrogens is 1. The lowest BCUT2D eigenvalue weighted by Crippen LogP contribution is -2.24. The van der Waals surface area contributed by atoms with Gasteiger partial charge in [-0.3, -0.25) is 14.9 Å². The molecule has 37 heavy (non-hydrogen) atoms. The summed E-state index contributed by atoms with van der Waals surface area (Å²) in [5.74, 6) is -0.603. The maximum Gasteiger partial charge on any atom is 0.409 e. The molecule has 0 saturated carbocycles. The number of rotatable bonds is 4. The number of carbonyl (C=O) groups excluding carboxylic acids is 2. The molecule has 0 unspecified atom stereocenters. The minimum absolute atomic E-state index is 0.0318. The molecule has 0 aliphatic carbocycles. The fourth-order valence-corrected chi connectivity index (χ4v) is 5.30. The quantitative estimate of drug-likeness (QED) is 0.260. The maximum atomic E-state index is 13.2. The highest BCUT2D eigenvalue weighted by Crippen LogP contribution is 2.41. The van der Waals surface area contributed by atoms with Crippen LogP contribution in [0.4, 0.5) is 16.2 Å². The van der Waals surface area contributed by atoms with Crippen molar-refractivity contribution in [2.24, 2.45) is 5.73 Å². The van der Waals surface area contributed by atoms with E-state index in [1.807, 2.05) is 61.5 Å². The third kappa shape index (κ3) is 3.49. The molecule has 0 bridgehead atoms. The van der Waals surface area contributed by atoms with Crippen molar-refractivity contribution in [1.82, 2.24) is 4.98 Å². The van der Waals surface area contributed by atoms with E-state index in [2.05, 4.69) is 10.3 Å². The number of aromatic amines is 1. The van der Waals surface area contributed by atoms with E-state index >= 15 is 0 Å². The maximum absolute atomic E-state index is 13.2. The number of hydrogen-bond donors (Lipinski definition) is 4. The van der Waals surface area contributed by atoms with Crippen molar-refractivity contribution in [3.05, 3.63) is 95.1 Å². The largest absolute Gasteiger partial charge is 0.465 e. The summed E-state index contributed by atoms with van der Waals surface area (Å²) in [5, 5.41) is 13.1. The normalized spacial score (nSPS) is 12.8. The van der Waals surface area contributed by atoms with Crippen molar-refractivity contribution >= 4 is 51.1 Å². The number of nitrogens with zero attached hydrogens (tertiary/aromatic N) is 1. The number of primary amides is 1. The van der Waals surface area contributed by atoms with E-state index < -0.39 is 12.0 Å². The van der Waals surface area contributed by atoms with E-state index in [-0.39, 0.29) is 5.91 Å². The topological polar surface area (TPSA) is 129 Å². The van der Waals surface area contributed by atoms with Gasteiger partial charge < -0.3 is 20.7 Å². The Morgan fingerprint density at radius 3 is 2.51 bits per heavy atom. The van der Waals surface area contributed by atoms with Gasteiger partial charge in [0.1, 0.15) is 0 Å². The minimum Gasteiger partial charge on any atom is -0.465 e. The van der Waals surface area contributed by atoms with Crippen LogP contribution in [0.1, 0.15) is 31.8 Å². The van der Waals surface area contributed by atoms with Crippen LogP contribution in [0, 0.1) is 6.92 Å². The monoisotopic (exact) mass is 490 g/mol. The first-order valence-corrected chi connectivity index (χ1v) is 11.7. The third-order valence-electron chi connectivity index (χ3n) is 6.98. The van der Waals surface area contributed by atoms with Crippen molar-refractivity contribution in [3.63, 3.8) is 0 Å². The van der Waals surface area contributed by atoms with Gasteiger partial charge in [0, 0.05) is 33.2 Å². The third-order valence-corrected chi connectivity index (χ3v) is 6.98. The molecule has 1 aliphatic heterocycles. The van der Waals surface area contributed by atoms with Crippen LogP contribution in [0.5, 0.6) is 0 Å². The van der Waals surface area contributed by atoms with Crippen molar-refractivity contribution in [3.8, 4) is 11.1 Å². The molecule has 0 radical (unpaired) electrons. The van der Waals surface area contributed by atoms with Gasteiger partial charge in [-0.2, -0.15) is 0 Å². The van der Waals surface area contributed by atoms with Crippen molar-refractivity contribution in [2.45, 2.75) is 13.5 Å². The number of amides is 3. The van der Waals surface area contributed by atoms with Gasteiger partial charge >= 0.3 is 6.09 Å². The zero-order chi connectivity index (χ0) is 25.8. The van der Waals surface area contributed by atoms with Gasteiger partial charge in [0.05, 0.1) is 17.6 Å². The number of hydrogen-bond acceptors (Lipinski definition) is 3. The molecule has 8 nitrogen and oxygen atoms in total. The van der Waals surface area contributed by atoms with Crippen LogP contribution in [0.15, 0.2) is 72.8 Å². The van der Waals surface area contributed by atoms with Gasteiger partial charge in [0.15, 0.2) is 0 Å². The Morgan fingerprint density at radius 2 is 1.76 bits per heavy atom. The van der Waals surface area contributed by atoms with Crippen LogP contribution < -0.4 is 16.0 Å². The van der Waals surface area contributed by atoms with E-state index in [1.54, 1.807) is 23.1 Å². The number of carboxylic acid groups (broad SMARTS) is 1. The first-order chi connectivity index (χ1) is 17.8. The number of benzene rings is 4. The Bertz CT molecular complexity index is 1790. The van der Waals surface area contributed by atoms with Gasteiger partial charge in [0.25, 0.3) is 11.8 Å². The minimum atomic E-state index is -1.17. The number of anilines is 2. The summed E-state index contributed by atoms with van der Waals surface area (Å²) in [4.78, 5) is 41.6. The van der Waals surface area contributed by atoms with Crippen molar-refractivity contribution < 1.29 is 19.5 Å². The first-order valence-electron chi connectivity index (χ1n) is 11.7. The zero-order valence-electron chi connectivity index (χ0n) is 19.8. The smallest absolute Gasteiger partial charge is 0.409 e. The van der Waals surface area contributed by atoms with Gasteiger partial charge in [-0.1, -0.05) is 42.5 Å². The molecule has 0 saturated heterocycles. The van der Waals surface area contributed by atoms with Crippen LogP contribution >= 0.6 is 0 Å². The Kier molecular flexibility index (Phi) is 4.98. The van der Waals surface area contributed by atoms with E-state index in [4.69, 9.17) is 10.8 Å². The van der Waals surface area contributed by atoms with Crippen LogP contribution in [0.3, 0.4) is 0 Å². The molecule has 1 aromatic heterocycles. The number of carbonyl (C=O) groups is 3. The summed E-state index contributed by atoms with van der Waals surface area (Å²) in [7, 11) is 0. The predicted molar refractivity (Wildman–Crippen MR) is 143 cm³/mol. The summed E-state index contributed by atoms with van der Waals surface area (Å²) in [6, 6.07) is 22.2. The van der Waals surface area contributed by atoms with E-state index in [0.717, 1.165) is 38.7 Å². The lowest BCUT2D eigenvalue weighted by molar-refractivity contribution is 0.0990. The molecule has 3 amide bonds. The second-order valence-corrected chi connectivity index (χ2v) is 9.09. The van der Waals surface area contributed by atoms with E-state index in [1.165, 1.54) is 0 Å². The Labute approximate surface area is 211 Å². The second-order valence-electron chi connectivity index (χ2n) is 9.09. The van der Waals surface area contributed by atoms with Gasteiger partial charge in [-0.05, 0) is 59.5 Å². The molecule has 5 N–H and O–H groups in total. The molecule has 6 rings (SSSR count). The van der Waals surface area contributed by atoms with E-state index in [9.17, 15) is 14.4 Å². The highest BCUT2D eigenvalue weighted by Gasteiger charge is 2.29. The number of fused-ring (bicyclic) bond motifs is 4. The average molecular weight is 491 g/mol. The molecule has 0 fully saturated rings. The average Bonchev–Trinajstić information content (AvgIpc) is 3.41. The second kappa shape index (κ2) is 8.23. The van der Waals surface area contributed by atoms with Gasteiger partial charge in [-0.15, -0.1) is 0 Å². The van der Waals surface area contributed by atoms with E-state index in [0.29, 0.717) is 34.4 Å². The Morgan fingerprint density at radius 1 is 0.973 bits per heavy atom. The molecular formula is C29H22N4O4. The number of H-pyrrole nitrogens is 1. The summed E-state index contributed by atoms with van der Waals surface area (Å²) in [6.07, 6.45) is -1.17. The highest BCUT2D eigenvalue weighted by atomic mass is 16.4. The molecule has 8 heteroatoms. The van der Waals surface area contributed by atoms with Crippen LogP contribution in [0.2, 0.25) is 0 Å². The number of nitrogens with two attached hydrogens (primary N) is 1. The molecule has 1 aliphatic rings. The number of nitrogens with one attached hydrogen (secondary N) is 2. The van der Waals surface area contributed by atoms with Gasteiger partial charge in [0.2, 0.25) is 0 Å². The molecule has 182 valence electrons. The van der Waals surface area contributed by atoms with Crippen molar-refractivity contribution in [1.29, 1.82) is 0 Å². The first kappa shape index (κ1) is 22.4. The predicted octanol–water partition coefficient (Wildman–Crippen LogP) is 5.65. The summed E-state index contributed by atoms with van der Waals surface area (Å²) in [5.41, 5.74) is 12.9. The van der Waals surface area contributed by atoms with Gasteiger partial charge in [-0.25, -0.2) is 4.79 Å². The summed E-state index contributed by atoms with van der Waals surface area (Å²) in [6.45, 7) is 2.49. The Balaban J connectivity index is 1.55.